The Morgan fingerprint density at radius 2 is 2.17 bits per heavy atom. The molecule has 0 bridgehead atoms. The first-order valence-corrected chi connectivity index (χ1v) is 6.43. The molecule has 3 nitrogen and oxygen atoms in total. The third-order valence-electron chi connectivity index (χ3n) is 3.30. The molecule has 0 unspecified atom stereocenters. The van der Waals surface area contributed by atoms with Crippen LogP contribution in [0.5, 0.6) is 0 Å². The molecule has 18 heavy (non-hydrogen) atoms. The Morgan fingerprint density at radius 1 is 1.33 bits per heavy atom. The van der Waals surface area contributed by atoms with Crippen LogP contribution in [0, 0.1) is 6.92 Å². The van der Waals surface area contributed by atoms with E-state index in [0.717, 1.165) is 13.0 Å². The van der Waals surface area contributed by atoms with Crippen LogP contribution < -0.4 is 5.32 Å². The number of hydrogen-bond acceptors (Lipinski definition) is 2. The first-order chi connectivity index (χ1) is 8.66. The third kappa shape index (κ3) is 3.20. The summed E-state index contributed by atoms with van der Waals surface area (Å²) in [7, 11) is 1.99. The number of benzene rings is 1. The minimum atomic E-state index is 0.387. The van der Waals surface area contributed by atoms with Crippen LogP contribution in [0.1, 0.15) is 29.8 Å². The highest BCUT2D eigenvalue weighted by molar-refractivity contribution is 5.24. The lowest BCUT2D eigenvalue weighted by atomic mass is 10.1. The quantitative estimate of drug-likeness (QED) is 0.875. The van der Waals surface area contributed by atoms with Gasteiger partial charge in [0, 0.05) is 37.9 Å². The van der Waals surface area contributed by atoms with Gasteiger partial charge < -0.3 is 5.32 Å². The van der Waals surface area contributed by atoms with Gasteiger partial charge in [0.1, 0.15) is 0 Å². The van der Waals surface area contributed by atoms with Gasteiger partial charge in [-0.1, -0.05) is 29.8 Å². The number of aromatic nitrogens is 2. The maximum atomic E-state index is 4.17. The van der Waals surface area contributed by atoms with Crippen molar-refractivity contribution < 1.29 is 0 Å². The summed E-state index contributed by atoms with van der Waals surface area (Å²) in [5.74, 6) is 0. The van der Waals surface area contributed by atoms with Gasteiger partial charge >= 0.3 is 0 Å². The van der Waals surface area contributed by atoms with Gasteiger partial charge in [-0.25, -0.2) is 0 Å². The van der Waals surface area contributed by atoms with Crippen LogP contribution in [0.4, 0.5) is 0 Å². The van der Waals surface area contributed by atoms with E-state index in [1.54, 1.807) is 0 Å². The van der Waals surface area contributed by atoms with Gasteiger partial charge in [-0.3, -0.25) is 4.68 Å². The fourth-order valence-electron chi connectivity index (χ4n) is 2.12. The Bertz CT molecular complexity index is 502. The molecule has 2 aromatic rings. The molecule has 0 spiro atoms. The zero-order valence-electron chi connectivity index (χ0n) is 11.4. The van der Waals surface area contributed by atoms with Crippen LogP contribution in [0.2, 0.25) is 0 Å². The zero-order chi connectivity index (χ0) is 13.0. The van der Waals surface area contributed by atoms with E-state index in [1.165, 1.54) is 16.8 Å². The van der Waals surface area contributed by atoms with Crippen molar-refractivity contribution in [2.45, 2.75) is 26.3 Å². The SMILES string of the molecule is Cc1cccc([C@@H](C)NCCc2ccnn2C)c1. The molecule has 2 rings (SSSR count). The van der Waals surface area contributed by atoms with Crippen molar-refractivity contribution in [2.24, 2.45) is 7.05 Å². The number of rotatable bonds is 5. The fourth-order valence-corrected chi connectivity index (χ4v) is 2.12. The smallest absolute Gasteiger partial charge is 0.0492 e. The molecular formula is C15H21N3. The molecule has 0 aliphatic rings. The van der Waals surface area contributed by atoms with E-state index in [9.17, 15) is 0 Å². The Kier molecular flexibility index (Phi) is 4.15. The number of hydrogen-bond donors (Lipinski definition) is 1. The topological polar surface area (TPSA) is 29.9 Å². The molecule has 0 amide bonds. The lowest BCUT2D eigenvalue weighted by molar-refractivity contribution is 0.564. The van der Waals surface area contributed by atoms with Gasteiger partial charge in [-0.05, 0) is 25.5 Å². The van der Waals surface area contributed by atoms with Crippen LogP contribution in [-0.2, 0) is 13.5 Å². The van der Waals surface area contributed by atoms with E-state index in [4.69, 9.17) is 0 Å². The van der Waals surface area contributed by atoms with Crippen molar-refractivity contribution in [1.82, 2.24) is 15.1 Å². The molecule has 1 atom stereocenters. The maximum Gasteiger partial charge on any atom is 0.0492 e. The summed E-state index contributed by atoms with van der Waals surface area (Å²) >= 11 is 0. The Labute approximate surface area is 109 Å². The highest BCUT2D eigenvalue weighted by Crippen LogP contribution is 2.13. The molecule has 0 saturated carbocycles. The monoisotopic (exact) mass is 243 g/mol. The largest absolute Gasteiger partial charge is 0.310 e. The molecule has 1 aromatic carbocycles. The van der Waals surface area contributed by atoms with Gasteiger partial charge in [-0.15, -0.1) is 0 Å². The number of aryl methyl sites for hydroxylation is 2. The van der Waals surface area contributed by atoms with E-state index >= 15 is 0 Å². The van der Waals surface area contributed by atoms with Crippen LogP contribution >= 0.6 is 0 Å². The number of nitrogens with one attached hydrogen (secondary N) is 1. The summed E-state index contributed by atoms with van der Waals surface area (Å²) in [6, 6.07) is 11.1. The molecule has 3 heteroatoms. The molecule has 1 heterocycles. The summed E-state index contributed by atoms with van der Waals surface area (Å²) in [4.78, 5) is 0. The Hall–Kier alpha value is -1.61. The van der Waals surface area contributed by atoms with Crippen molar-refractivity contribution in [3.63, 3.8) is 0 Å². The predicted octanol–water partition coefficient (Wildman–Crippen LogP) is 2.62. The van der Waals surface area contributed by atoms with Crippen molar-refractivity contribution in [2.75, 3.05) is 6.54 Å². The fraction of sp³-hybridized carbons (Fsp3) is 0.400. The van der Waals surface area contributed by atoms with Crippen molar-refractivity contribution in [3.8, 4) is 0 Å². The highest BCUT2D eigenvalue weighted by atomic mass is 15.3. The molecule has 1 N–H and O–H groups in total. The molecule has 1 aromatic heterocycles. The summed E-state index contributed by atoms with van der Waals surface area (Å²) < 4.78 is 1.93. The van der Waals surface area contributed by atoms with Crippen LogP contribution in [-0.4, -0.2) is 16.3 Å². The summed E-state index contributed by atoms with van der Waals surface area (Å²) in [5, 5.41) is 7.72. The average Bonchev–Trinajstić information content (AvgIpc) is 2.75. The van der Waals surface area contributed by atoms with Crippen LogP contribution in [0.15, 0.2) is 36.5 Å². The summed E-state index contributed by atoms with van der Waals surface area (Å²) in [6.07, 6.45) is 2.85. The second-order valence-corrected chi connectivity index (χ2v) is 4.79. The highest BCUT2D eigenvalue weighted by Gasteiger charge is 2.05. The summed E-state index contributed by atoms with van der Waals surface area (Å²) in [5.41, 5.74) is 3.92. The molecule has 0 radical (unpaired) electrons. The second-order valence-electron chi connectivity index (χ2n) is 4.79. The minimum Gasteiger partial charge on any atom is -0.310 e. The van der Waals surface area contributed by atoms with Gasteiger partial charge in [0.15, 0.2) is 0 Å². The van der Waals surface area contributed by atoms with E-state index in [0.29, 0.717) is 6.04 Å². The lowest BCUT2D eigenvalue weighted by Crippen LogP contribution is -2.22. The van der Waals surface area contributed by atoms with E-state index in [2.05, 4.69) is 54.6 Å². The van der Waals surface area contributed by atoms with Crippen LogP contribution in [0.3, 0.4) is 0 Å². The normalized spacial score (nSPS) is 12.6. The van der Waals surface area contributed by atoms with Crippen molar-refractivity contribution in [1.29, 1.82) is 0 Å². The van der Waals surface area contributed by atoms with Gasteiger partial charge in [-0.2, -0.15) is 5.10 Å². The van der Waals surface area contributed by atoms with Gasteiger partial charge in [0.25, 0.3) is 0 Å². The Morgan fingerprint density at radius 3 is 2.83 bits per heavy atom. The molecule has 0 aliphatic carbocycles. The average molecular weight is 243 g/mol. The molecule has 0 fully saturated rings. The Balaban J connectivity index is 1.85. The van der Waals surface area contributed by atoms with E-state index < -0.39 is 0 Å². The first kappa shape index (κ1) is 12.8. The third-order valence-corrected chi connectivity index (χ3v) is 3.30. The lowest BCUT2D eigenvalue weighted by Gasteiger charge is -2.14. The standard InChI is InChI=1S/C15H21N3/c1-12-5-4-6-14(11-12)13(2)16-9-7-15-8-10-17-18(15)3/h4-6,8,10-11,13,16H,7,9H2,1-3H3/t13-/m1/s1. The van der Waals surface area contributed by atoms with Crippen molar-refractivity contribution >= 4 is 0 Å². The zero-order valence-corrected chi connectivity index (χ0v) is 11.4. The maximum absolute atomic E-state index is 4.17. The van der Waals surface area contributed by atoms with Gasteiger partial charge in [0.2, 0.25) is 0 Å². The number of nitrogens with zero attached hydrogens (tertiary/aromatic N) is 2. The second kappa shape index (κ2) is 5.83. The summed E-state index contributed by atoms with van der Waals surface area (Å²) in [6.45, 7) is 5.30. The van der Waals surface area contributed by atoms with Crippen molar-refractivity contribution in [3.05, 3.63) is 53.3 Å². The van der Waals surface area contributed by atoms with Gasteiger partial charge in [0.05, 0.1) is 0 Å². The molecular weight excluding hydrogens is 222 g/mol. The minimum absolute atomic E-state index is 0.387. The predicted molar refractivity (Wildman–Crippen MR) is 74.5 cm³/mol. The first-order valence-electron chi connectivity index (χ1n) is 6.43. The molecule has 96 valence electrons. The van der Waals surface area contributed by atoms with Crippen LogP contribution in [0.25, 0.3) is 0 Å². The molecule has 0 aliphatic heterocycles. The van der Waals surface area contributed by atoms with E-state index in [1.807, 2.05) is 17.9 Å². The molecule has 0 saturated heterocycles. The van der Waals surface area contributed by atoms with E-state index in [-0.39, 0.29) is 0 Å².